The van der Waals surface area contributed by atoms with Crippen LogP contribution in [0.1, 0.15) is 16.7 Å². The molecule has 2 rings (SSSR count). The third kappa shape index (κ3) is 6.38. The second-order valence-corrected chi connectivity index (χ2v) is 7.40. The average Bonchev–Trinajstić information content (AvgIpc) is 2.58. The SMILES string of the molecule is Cc1cc(F)c(N=C(c2cccc(C(F)(F)F)c2)N(C)C)cc1SCC(F)(F)F. The van der Waals surface area contributed by atoms with Crippen molar-refractivity contribution in [1.82, 2.24) is 4.90 Å². The van der Waals surface area contributed by atoms with Gasteiger partial charge in [-0.2, -0.15) is 26.3 Å². The number of alkyl halides is 6. The van der Waals surface area contributed by atoms with Gasteiger partial charge >= 0.3 is 12.4 Å². The standard InChI is InChI=1S/C19H17F7N2S/c1-11-7-14(20)15(9-16(11)29-10-18(21,22)23)27-17(28(2)3)12-5-4-6-13(8-12)19(24,25)26/h4-9H,10H2,1-3H3. The van der Waals surface area contributed by atoms with E-state index in [4.69, 9.17) is 0 Å². The van der Waals surface area contributed by atoms with Crippen LogP contribution in [0.5, 0.6) is 0 Å². The maximum atomic E-state index is 14.4. The van der Waals surface area contributed by atoms with E-state index < -0.39 is 29.5 Å². The monoisotopic (exact) mass is 438 g/mol. The molecule has 10 heteroatoms. The predicted octanol–water partition coefficient (Wildman–Crippen LogP) is 6.45. The van der Waals surface area contributed by atoms with Crippen LogP contribution in [0.4, 0.5) is 36.4 Å². The summed E-state index contributed by atoms with van der Waals surface area (Å²) in [6, 6.07) is 6.58. The molecule has 0 unspecified atom stereocenters. The van der Waals surface area contributed by atoms with Crippen molar-refractivity contribution in [1.29, 1.82) is 0 Å². The molecule has 0 bridgehead atoms. The van der Waals surface area contributed by atoms with Crippen LogP contribution < -0.4 is 0 Å². The Morgan fingerprint density at radius 2 is 1.69 bits per heavy atom. The zero-order valence-corrected chi connectivity index (χ0v) is 16.4. The summed E-state index contributed by atoms with van der Waals surface area (Å²) < 4.78 is 90.9. The number of rotatable bonds is 4. The number of amidine groups is 1. The van der Waals surface area contributed by atoms with Gasteiger partial charge in [0.25, 0.3) is 0 Å². The molecule has 2 aromatic rings. The van der Waals surface area contributed by atoms with Crippen LogP contribution in [0, 0.1) is 12.7 Å². The van der Waals surface area contributed by atoms with Gasteiger partial charge in [-0.1, -0.05) is 12.1 Å². The van der Waals surface area contributed by atoms with Gasteiger partial charge in [0.05, 0.1) is 11.3 Å². The predicted molar refractivity (Wildman–Crippen MR) is 99.2 cm³/mol. The molecule has 0 heterocycles. The van der Waals surface area contributed by atoms with Gasteiger partial charge in [-0.25, -0.2) is 9.38 Å². The lowest BCUT2D eigenvalue weighted by Gasteiger charge is -2.18. The minimum Gasteiger partial charge on any atom is -0.362 e. The molecule has 0 radical (unpaired) electrons. The Bertz CT molecular complexity index is 902. The van der Waals surface area contributed by atoms with Gasteiger partial charge in [-0.05, 0) is 36.8 Å². The molecular weight excluding hydrogens is 421 g/mol. The second kappa shape index (κ2) is 8.64. The van der Waals surface area contributed by atoms with Gasteiger partial charge in [-0.15, -0.1) is 11.8 Å². The van der Waals surface area contributed by atoms with Crippen molar-refractivity contribution in [3.05, 3.63) is 58.9 Å². The summed E-state index contributed by atoms with van der Waals surface area (Å²) in [5.74, 6) is -1.91. The van der Waals surface area contributed by atoms with Crippen molar-refractivity contribution in [2.45, 2.75) is 24.2 Å². The minimum atomic E-state index is -4.57. The van der Waals surface area contributed by atoms with Crippen molar-refractivity contribution in [2.24, 2.45) is 4.99 Å². The number of hydrogen-bond donors (Lipinski definition) is 0. The second-order valence-electron chi connectivity index (χ2n) is 6.38. The number of aliphatic imine (C=N–C) groups is 1. The molecule has 158 valence electrons. The van der Waals surface area contributed by atoms with E-state index >= 15 is 0 Å². The normalized spacial score (nSPS) is 13.0. The molecular formula is C19H17F7N2S. The van der Waals surface area contributed by atoms with E-state index in [1.54, 1.807) is 0 Å². The molecule has 2 nitrogen and oxygen atoms in total. The summed E-state index contributed by atoms with van der Waals surface area (Å²) in [5.41, 5.74) is -0.757. The topological polar surface area (TPSA) is 15.6 Å². The van der Waals surface area contributed by atoms with Gasteiger partial charge in [0.2, 0.25) is 0 Å². The fourth-order valence-electron chi connectivity index (χ4n) is 2.41. The zero-order chi connectivity index (χ0) is 22.0. The average molecular weight is 438 g/mol. The molecule has 0 aliphatic rings. The van der Waals surface area contributed by atoms with Crippen molar-refractivity contribution in [3.8, 4) is 0 Å². The highest BCUT2D eigenvalue weighted by atomic mass is 32.2. The molecule has 0 aliphatic heterocycles. The van der Waals surface area contributed by atoms with Gasteiger partial charge < -0.3 is 4.90 Å². The molecule has 2 aromatic carbocycles. The summed E-state index contributed by atoms with van der Waals surface area (Å²) in [6.45, 7) is 1.47. The van der Waals surface area contributed by atoms with E-state index in [-0.39, 0.29) is 22.0 Å². The van der Waals surface area contributed by atoms with E-state index in [9.17, 15) is 30.7 Å². The molecule has 0 spiro atoms. The number of benzene rings is 2. The molecule has 29 heavy (non-hydrogen) atoms. The zero-order valence-electron chi connectivity index (χ0n) is 15.6. The quantitative estimate of drug-likeness (QED) is 0.236. The van der Waals surface area contributed by atoms with E-state index in [1.165, 1.54) is 38.1 Å². The van der Waals surface area contributed by atoms with Crippen LogP contribution in [0.3, 0.4) is 0 Å². The van der Waals surface area contributed by atoms with Crippen molar-refractivity contribution >= 4 is 23.3 Å². The van der Waals surface area contributed by atoms with E-state index in [1.807, 2.05) is 0 Å². The first kappa shape index (κ1) is 23.1. The van der Waals surface area contributed by atoms with Gasteiger partial charge in [-0.3, -0.25) is 0 Å². The molecule has 0 amide bonds. The largest absolute Gasteiger partial charge is 0.416 e. The highest BCUT2D eigenvalue weighted by Gasteiger charge is 2.31. The number of thioether (sulfide) groups is 1. The van der Waals surface area contributed by atoms with Crippen LogP contribution in [-0.4, -0.2) is 36.8 Å². The molecule has 0 aliphatic carbocycles. The van der Waals surface area contributed by atoms with Crippen molar-refractivity contribution in [2.75, 3.05) is 19.8 Å². The number of hydrogen-bond acceptors (Lipinski definition) is 2. The third-order valence-electron chi connectivity index (χ3n) is 3.73. The highest BCUT2D eigenvalue weighted by Crippen LogP contribution is 2.34. The number of aryl methyl sites for hydroxylation is 1. The number of nitrogens with zero attached hydrogens (tertiary/aromatic N) is 2. The van der Waals surface area contributed by atoms with E-state index in [0.29, 0.717) is 17.3 Å². The summed E-state index contributed by atoms with van der Waals surface area (Å²) in [4.78, 5) is 5.69. The van der Waals surface area contributed by atoms with Crippen LogP contribution in [0.15, 0.2) is 46.3 Å². The molecule has 0 N–H and O–H groups in total. The van der Waals surface area contributed by atoms with Crippen LogP contribution in [0.2, 0.25) is 0 Å². The summed E-state index contributed by atoms with van der Waals surface area (Å²) in [5, 5.41) is 0. The molecule has 0 atom stereocenters. The Kier molecular flexibility index (Phi) is 6.87. The maximum absolute atomic E-state index is 14.4. The Hall–Kier alpha value is -2.23. The number of halogens is 7. The van der Waals surface area contributed by atoms with Gasteiger partial charge in [0, 0.05) is 24.6 Å². The molecule has 0 fully saturated rings. The first-order valence-corrected chi connectivity index (χ1v) is 9.20. The summed E-state index contributed by atoms with van der Waals surface area (Å²) in [6.07, 6.45) is -8.97. The van der Waals surface area contributed by atoms with Gasteiger partial charge in [0.1, 0.15) is 17.3 Å². The van der Waals surface area contributed by atoms with Gasteiger partial charge in [0.15, 0.2) is 0 Å². The summed E-state index contributed by atoms with van der Waals surface area (Å²) in [7, 11) is 3.04. The van der Waals surface area contributed by atoms with Crippen molar-refractivity contribution < 1.29 is 30.7 Å². The lowest BCUT2D eigenvalue weighted by molar-refractivity contribution is -0.137. The Morgan fingerprint density at radius 3 is 2.24 bits per heavy atom. The van der Waals surface area contributed by atoms with Crippen LogP contribution >= 0.6 is 11.8 Å². The fourth-order valence-corrected chi connectivity index (χ4v) is 3.22. The van der Waals surface area contributed by atoms with E-state index in [2.05, 4.69) is 4.99 Å². The lowest BCUT2D eigenvalue weighted by atomic mass is 10.1. The maximum Gasteiger partial charge on any atom is 0.416 e. The van der Waals surface area contributed by atoms with Crippen LogP contribution in [-0.2, 0) is 6.18 Å². The minimum absolute atomic E-state index is 0.0330. The fraction of sp³-hybridized carbons (Fsp3) is 0.316. The lowest BCUT2D eigenvalue weighted by Crippen LogP contribution is -2.23. The Balaban J connectivity index is 2.51. The molecule has 0 aromatic heterocycles. The molecule has 0 saturated carbocycles. The Labute approximate surface area is 167 Å². The summed E-state index contributed by atoms with van der Waals surface area (Å²) >= 11 is 0.491. The Morgan fingerprint density at radius 1 is 1.03 bits per heavy atom. The first-order chi connectivity index (χ1) is 13.3. The van der Waals surface area contributed by atoms with Crippen molar-refractivity contribution in [3.63, 3.8) is 0 Å². The van der Waals surface area contributed by atoms with Crippen LogP contribution in [0.25, 0.3) is 0 Å². The highest BCUT2D eigenvalue weighted by molar-refractivity contribution is 7.99. The molecule has 0 saturated heterocycles. The smallest absolute Gasteiger partial charge is 0.362 e. The third-order valence-corrected chi connectivity index (χ3v) is 4.96. The van der Waals surface area contributed by atoms with E-state index in [0.717, 1.165) is 24.3 Å². The first-order valence-electron chi connectivity index (χ1n) is 8.21.